The summed E-state index contributed by atoms with van der Waals surface area (Å²) in [6, 6.07) is 6.06. The molecule has 1 rings (SSSR count). The van der Waals surface area contributed by atoms with E-state index in [9.17, 15) is 4.79 Å². The fourth-order valence-electron chi connectivity index (χ4n) is 1.94. The van der Waals surface area contributed by atoms with Gasteiger partial charge in [0.25, 0.3) is 0 Å². The molecule has 1 aromatic rings. The largest absolute Gasteiger partial charge is 0.469 e. The van der Waals surface area contributed by atoms with Crippen LogP contribution in [0.1, 0.15) is 24.0 Å². The van der Waals surface area contributed by atoms with Gasteiger partial charge in [0.2, 0.25) is 0 Å². The number of hydrogen-bond acceptors (Lipinski definition) is 4. The monoisotopic (exact) mass is 378 g/mol. The van der Waals surface area contributed by atoms with Gasteiger partial charge in [0, 0.05) is 29.8 Å². The second-order valence-corrected chi connectivity index (χ2v) is 5.38. The fourth-order valence-corrected chi connectivity index (χ4v) is 2.69. The molecule has 0 saturated heterocycles. The zero-order valence-corrected chi connectivity index (χ0v) is 13.8. The second-order valence-electron chi connectivity index (χ2n) is 4.22. The van der Waals surface area contributed by atoms with Crippen molar-refractivity contribution in [2.45, 2.75) is 25.6 Å². The molecule has 0 amide bonds. The maximum atomic E-state index is 11.3. The van der Waals surface area contributed by atoms with Crippen LogP contribution in [0.4, 0.5) is 0 Å². The van der Waals surface area contributed by atoms with Gasteiger partial charge in [0.05, 0.1) is 13.5 Å². The minimum absolute atomic E-state index is 0.238. The van der Waals surface area contributed by atoms with E-state index in [0.717, 1.165) is 14.7 Å². The summed E-state index contributed by atoms with van der Waals surface area (Å²) in [6.07, 6.45) is 0.647. The van der Waals surface area contributed by atoms with E-state index < -0.39 is 5.79 Å². The third kappa shape index (κ3) is 3.90. The molecule has 0 bridgehead atoms. The molecule has 0 spiro atoms. The molecule has 0 aliphatic heterocycles. The Hall–Kier alpha value is -0.660. The van der Waals surface area contributed by atoms with Crippen LogP contribution >= 0.6 is 22.6 Å². The summed E-state index contributed by atoms with van der Waals surface area (Å²) >= 11 is 2.24. The summed E-state index contributed by atoms with van der Waals surface area (Å²) in [5.74, 6) is -1.20. The second kappa shape index (κ2) is 7.21. The number of esters is 1. The van der Waals surface area contributed by atoms with Crippen molar-refractivity contribution in [3.05, 3.63) is 32.9 Å². The minimum atomic E-state index is -0.920. The average molecular weight is 378 g/mol. The highest BCUT2D eigenvalue weighted by atomic mass is 127. The summed E-state index contributed by atoms with van der Waals surface area (Å²) < 4.78 is 16.8. The van der Waals surface area contributed by atoms with Gasteiger partial charge < -0.3 is 14.2 Å². The SMILES string of the molecule is COC(=O)CCC(OC)(OC)c1cc(C)ccc1I. The molecule has 1 aromatic carbocycles. The van der Waals surface area contributed by atoms with Crippen LogP contribution in [-0.4, -0.2) is 27.3 Å². The first-order valence-corrected chi connectivity index (χ1v) is 7.00. The Balaban J connectivity index is 3.10. The summed E-state index contributed by atoms with van der Waals surface area (Å²) in [4.78, 5) is 11.3. The van der Waals surface area contributed by atoms with Crippen molar-refractivity contribution in [2.75, 3.05) is 21.3 Å². The summed E-state index contributed by atoms with van der Waals surface area (Å²) in [5, 5.41) is 0. The number of aryl methyl sites for hydroxylation is 1. The summed E-state index contributed by atoms with van der Waals surface area (Å²) in [6.45, 7) is 2.01. The molecule has 0 unspecified atom stereocenters. The van der Waals surface area contributed by atoms with Gasteiger partial charge >= 0.3 is 5.97 Å². The lowest BCUT2D eigenvalue weighted by molar-refractivity contribution is -0.222. The minimum Gasteiger partial charge on any atom is -0.469 e. The Morgan fingerprint density at radius 1 is 1.26 bits per heavy atom. The smallest absolute Gasteiger partial charge is 0.305 e. The molecule has 5 heteroatoms. The molecule has 106 valence electrons. The first-order valence-electron chi connectivity index (χ1n) is 5.93. The van der Waals surface area contributed by atoms with Crippen LogP contribution < -0.4 is 0 Å². The van der Waals surface area contributed by atoms with Gasteiger partial charge in [-0.1, -0.05) is 11.6 Å². The number of benzene rings is 1. The third-order valence-electron chi connectivity index (χ3n) is 3.08. The van der Waals surface area contributed by atoms with Crippen LogP contribution in [0.15, 0.2) is 18.2 Å². The van der Waals surface area contributed by atoms with Gasteiger partial charge in [-0.3, -0.25) is 4.79 Å². The van der Waals surface area contributed by atoms with Crippen LogP contribution in [0.5, 0.6) is 0 Å². The Morgan fingerprint density at radius 3 is 2.42 bits per heavy atom. The van der Waals surface area contributed by atoms with Gasteiger partial charge in [-0.2, -0.15) is 0 Å². The number of halogens is 1. The van der Waals surface area contributed by atoms with Gasteiger partial charge in [-0.15, -0.1) is 0 Å². The number of carbonyl (C=O) groups excluding carboxylic acids is 1. The van der Waals surface area contributed by atoms with E-state index in [0.29, 0.717) is 6.42 Å². The van der Waals surface area contributed by atoms with E-state index in [2.05, 4.69) is 27.3 Å². The molecule has 0 radical (unpaired) electrons. The molecule has 0 aliphatic carbocycles. The van der Waals surface area contributed by atoms with Crippen molar-refractivity contribution in [3.63, 3.8) is 0 Å². The summed E-state index contributed by atoms with van der Waals surface area (Å²) in [7, 11) is 4.54. The number of hydrogen-bond donors (Lipinski definition) is 0. The summed E-state index contributed by atoms with van der Waals surface area (Å²) in [5.41, 5.74) is 2.05. The lowest BCUT2D eigenvalue weighted by Gasteiger charge is -2.32. The zero-order chi connectivity index (χ0) is 14.5. The van der Waals surface area contributed by atoms with Crippen molar-refractivity contribution in [1.82, 2.24) is 0 Å². The predicted molar refractivity (Wildman–Crippen MR) is 80.8 cm³/mol. The Kier molecular flexibility index (Phi) is 6.22. The van der Waals surface area contributed by atoms with Gasteiger partial charge in [-0.25, -0.2) is 0 Å². The fraction of sp³-hybridized carbons (Fsp3) is 0.500. The topological polar surface area (TPSA) is 44.8 Å². The van der Waals surface area contributed by atoms with Crippen LogP contribution in [0, 0.1) is 10.5 Å². The molecule has 19 heavy (non-hydrogen) atoms. The van der Waals surface area contributed by atoms with Crippen molar-refractivity contribution in [2.24, 2.45) is 0 Å². The number of rotatable bonds is 6. The third-order valence-corrected chi connectivity index (χ3v) is 4.02. The Labute approximate surface area is 127 Å². The standard InChI is InChI=1S/C14H19IO4/c1-10-5-6-12(15)11(9-10)14(18-3,19-4)8-7-13(16)17-2/h5-6,9H,7-8H2,1-4H3. The Morgan fingerprint density at radius 2 is 1.89 bits per heavy atom. The van der Waals surface area contributed by atoms with Crippen LogP contribution in [0.2, 0.25) is 0 Å². The molecular formula is C14H19IO4. The molecule has 0 aromatic heterocycles. The maximum Gasteiger partial charge on any atom is 0.305 e. The van der Waals surface area contributed by atoms with E-state index in [1.807, 2.05) is 25.1 Å². The molecule has 4 nitrogen and oxygen atoms in total. The normalized spacial score (nSPS) is 11.4. The lowest BCUT2D eigenvalue weighted by atomic mass is 9.98. The Bertz CT molecular complexity index is 441. The average Bonchev–Trinajstić information content (AvgIpc) is 2.43. The van der Waals surface area contributed by atoms with Crippen LogP contribution in [-0.2, 0) is 24.8 Å². The van der Waals surface area contributed by atoms with Gasteiger partial charge in [0.1, 0.15) is 0 Å². The molecule has 0 aliphatic rings. The molecule has 0 fully saturated rings. The van der Waals surface area contributed by atoms with Crippen molar-refractivity contribution >= 4 is 28.6 Å². The predicted octanol–water partition coefficient (Wildman–Crippen LogP) is 3.00. The molecule has 0 atom stereocenters. The van der Waals surface area contributed by atoms with E-state index in [-0.39, 0.29) is 12.4 Å². The van der Waals surface area contributed by atoms with Crippen molar-refractivity contribution in [3.8, 4) is 0 Å². The quantitative estimate of drug-likeness (QED) is 0.434. The van der Waals surface area contributed by atoms with Gasteiger partial charge in [-0.05, 0) is 41.6 Å². The van der Waals surface area contributed by atoms with E-state index in [4.69, 9.17) is 9.47 Å². The van der Waals surface area contributed by atoms with Crippen LogP contribution in [0.3, 0.4) is 0 Å². The van der Waals surface area contributed by atoms with Crippen molar-refractivity contribution < 1.29 is 19.0 Å². The van der Waals surface area contributed by atoms with E-state index in [1.165, 1.54) is 7.11 Å². The highest BCUT2D eigenvalue weighted by molar-refractivity contribution is 14.1. The maximum absolute atomic E-state index is 11.3. The highest BCUT2D eigenvalue weighted by Crippen LogP contribution is 2.35. The number of carbonyl (C=O) groups is 1. The van der Waals surface area contributed by atoms with E-state index >= 15 is 0 Å². The first-order chi connectivity index (χ1) is 8.99. The van der Waals surface area contributed by atoms with Crippen molar-refractivity contribution in [1.29, 1.82) is 0 Å². The van der Waals surface area contributed by atoms with E-state index in [1.54, 1.807) is 14.2 Å². The molecule has 0 heterocycles. The first kappa shape index (κ1) is 16.4. The lowest BCUT2D eigenvalue weighted by Crippen LogP contribution is -2.32. The molecule has 0 saturated carbocycles. The zero-order valence-electron chi connectivity index (χ0n) is 11.7. The van der Waals surface area contributed by atoms with Gasteiger partial charge in [0.15, 0.2) is 5.79 Å². The number of ether oxygens (including phenoxy) is 3. The van der Waals surface area contributed by atoms with Crippen LogP contribution in [0.25, 0.3) is 0 Å². The molecular weight excluding hydrogens is 359 g/mol. The molecule has 0 N–H and O–H groups in total. The highest BCUT2D eigenvalue weighted by Gasteiger charge is 2.34. The number of methoxy groups -OCH3 is 3.